The summed E-state index contributed by atoms with van der Waals surface area (Å²) < 4.78 is 4.70. The maximum absolute atomic E-state index is 12.2. The Kier molecular flexibility index (Phi) is 3.99. The first-order chi connectivity index (χ1) is 9.17. The molecule has 6 nitrogen and oxygen atoms in total. The van der Waals surface area contributed by atoms with E-state index >= 15 is 0 Å². The molecule has 0 saturated carbocycles. The monoisotopic (exact) mass is 262 g/mol. The van der Waals surface area contributed by atoms with Crippen LogP contribution in [0.1, 0.15) is 26.1 Å². The molecule has 2 aromatic heterocycles. The van der Waals surface area contributed by atoms with Crippen LogP contribution in [0.4, 0.5) is 0 Å². The van der Waals surface area contributed by atoms with E-state index in [9.17, 15) is 9.59 Å². The zero-order valence-electron chi connectivity index (χ0n) is 11.2. The van der Waals surface area contributed by atoms with Crippen LogP contribution in [0.2, 0.25) is 0 Å². The first-order valence-electron chi connectivity index (χ1n) is 6.47. The van der Waals surface area contributed by atoms with Gasteiger partial charge in [0.25, 0.3) is 5.56 Å². The Balaban J connectivity index is 2.42. The highest BCUT2D eigenvalue weighted by Crippen LogP contribution is 1.98. The molecule has 0 saturated heterocycles. The van der Waals surface area contributed by atoms with E-state index < -0.39 is 0 Å². The van der Waals surface area contributed by atoms with Gasteiger partial charge >= 0.3 is 5.69 Å². The van der Waals surface area contributed by atoms with Gasteiger partial charge in [0.15, 0.2) is 0 Å². The van der Waals surface area contributed by atoms with Crippen LogP contribution in [0.5, 0.6) is 0 Å². The molecule has 2 heterocycles. The predicted octanol–water partition coefficient (Wildman–Crippen LogP) is 0.685. The smallest absolute Gasteiger partial charge is 0.331 e. The fraction of sp³-hybridized carbons (Fsp3) is 0.462. The van der Waals surface area contributed by atoms with Crippen molar-refractivity contribution in [3.8, 4) is 0 Å². The Bertz CT molecular complexity index is 666. The van der Waals surface area contributed by atoms with Crippen molar-refractivity contribution in [3.63, 3.8) is 0 Å². The van der Waals surface area contributed by atoms with Gasteiger partial charge < -0.3 is 9.13 Å². The van der Waals surface area contributed by atoms with Crippen LogP contribution in [0, 0.1) is 0 Å². The van der Waals surface area contributed by atoms with E-state index in [1.165, 1.54) is 10.6 Å². The minimum absolute atomic E-state index is 0.211. The van der Waals surface area contributed by atoms with E-state index in [0.29, 0.717) is 6.54 Å². The molecule has 2 aromatic rings. The van der Waals surface area contributed by atoms with Crippen LogP contribution in [0.25, 0.3) is 0 Å². The van der Waals surface area contributed by atoms with Crippen molar-refractivity contribution in [3.05, 3.63) is 51.3 Å². The minimum Gasteiger partial charge on any atom is -0.334 e. The molecule has 0 amide bonds. The van der Waals surface area contributed by atoms with Crippen LogP contribution >= 0.6 is 0 Å². The summed E-state index contributed by atoms with van der Waals surface area (Å²) in [7, 11) is 0. The minimum atomic E-state index is -0.289. The zero-order chi connectivity index (χ0) is 13.8. The fourth-order valence-electron chi connectivity index (χ4n) is 2.03. The average Bonchev–Trinajstić information content (AvgIpc) is 2.85. The molecule has 0 N–H and O–H groups in total. The van der Waals surface area contributed by atoms with E-state index in [1.807, 2.05) is 24.6 Å². The molecule has 0 spiro atoms. The normalized spacial score (nSPS) is 10.8. The number of imidazole rings is 1. The van der Waals surface area contributed by atoms with Crippen molar-refractivity contribution < 1.29 is 0 Å². The number of hydrogen-bond acceptors (Lipinski definition) is 3. The van der Waals surface area contributed by atoms with Gasteiger partial charge in [-0.2, -0.15) is 0 Å². The lowest BCUT2D eigenvalue weighted by atomic mass is 10.4. The molecular weight excluding hydrogens is 244 g/mol. The molecule has 0 aliphatic heterocycles. The van der Waals surface area contributed by atoms with Gasteiger partial charge in [-0.05, 0) is 13.3 Å². The summed E-state index contributed by atoms with van der Waals surface area (Å²) in [5.74, 6) is 0.718. The van der Waals surface area contributed by atoms with E-state index in [2.05, 4.69) is 4.98 Å². The van der Waals surface area contributed by atoms with Crippen LogP contribution in [-0.4, -0.2) is 18.7 Å². The van der Waals surface area contributed by atoms with Crippen molar-refractivity contribution in [2.24, 2.45) is 0 Å². The summed E-state index contributed by atoms with van der Waals surface area (Å²) in [5, 5.41) is 0. The number of aryl methyl sites for hydroxylation is 2. The lowest BCUT2D eigenvalue weighted by Gasteiger charge is -2.09. The molecule has 0 bridgehead atoms. The van der Waals surface area contributed by atoms with Gasteiger partial charge in [-0.15, -0.1) is 0 Å². The average molecular weight is 262 g/mol. The Morgan fingerprint density at radius 1 is 1.16 bits per heavy atom. The van der Waals surface area contributed by atoms with Gasteiger partial charge in [0.05, 0.1) is 6.54 Å². The van der Waals surface area contributed by atoms with Gasteiger partial charge in [-0.1, -0.05) is 6.92 Å². The third-order valence-corrected chi connectivity index (χ3v) is 3.05. The van der Waals surface area contributed by atoms with E-state index in [1.54, 1.807) is 17.0 Å². The van der Waals surface area contributed by atoms with Gasteiger partial charge in [0, 0.05) is 37.7 Å². The van der Waals surface area contributed by atoms with E-state index in [4.69, 9.17) is 0 Å². The van der Waals surface area contributed by atoms with Crippen molar-refractivity contribution in [2.45, 2.75) is 39.9 Å². The molecule has 2 rings (SSSR count). The van der Waals surface area contributed by atoms with Gasteiger partial charge in [0.1, 0.15) is 5.82 Å². The summed E-state index contributed by atoms with van der Waals surface area (Å²) in [5.41, 5.74) is -0.567. The number of nitrogens with zero attached hydrogens (tertiary/aromatic N) is 4. The predicted molar refractivity (Wildman–Crippen MR) is 72.3 cm³/mol. The van der Waals surface area contributed by atoms with Crippen LogP contribution in [0.15, 0.2) is 34.2 Å². The third-order valence-electron chi connectivity index (χ3n) is 3.05. The molecule has 102 valence electrons. The summed E-state index contributed by atoms with van der Waals surface area (Å²) >= 11 is 0. The largest absolute Gasteiger partial charge is 0.334 e. The van der Waals surface area contributed by atoms with E-state index in [-0.39, 0.29) is 17.8 Å². The Hall–Kier alpha value is -2.11. The lowest BCUT2D eigenvalue weighted by molar-refractivity contribution is 0.550. The van der Waals surface area contributed by atoms with Gasteiger partial charge in [-0.25, -0.2) is 9.78 Å². The summed E-state index contributed by atoms with van der Waals surface area (Å²) in [6.07, 6.45) is 5.92. The summed E-state index contributed by atoms with van der Waals surface area (Å²) in [4.78, 5) is 28.2. The van der Waals surface area contributed by atoms with Crippen LogP contribution in [-0.2, 0) is 19.6 Å². The molecule has 0 fully saturated rings. The van der Waals surface area contributed by atoms with Gasteiger partial charge in [-0.3, -0.25) is 9.36 Å². The van der Waals surface area contributed by atoms with Crippen LogP contribution in [0.3, 0.4) is 0 Å². The number of hydrogen-bond donors (Lipinski definition) is 0. The van der Waals surface area contributed by atoms with Crippen molar-refractivity contribution >= 4 is 0 Å². The summed E-state index contributed by atoms with van der Waals surface area (Å²) in [6, 6.07) is 1.43. The Morgan fingerprint density at radius 3 is 2.63 bits per heavy atom. The molecule has 0 atom stereocenters. The molecule has 0 aliphatic carbocycles. The number of rotatable bonds is 5. The fourth-order valence-corrected chi connectivity index (χ4v) is 2.03. The Morgan fingerprint density at radius 2 is 1.95 bits per heavy atom. The first-order valence-corrected chi connectivity index (χ1v) is 6.47. The SMILES string of the molecule is CCCn1ccc(=O)n(Cc2nccn2CC)c1=O. The van der Waals surface area contributed by atoms with E-state index in [0.717, 1.165) is 18.8 Å². The lowest BCUT2D eigenvalue weighted by Crippen LogP contribution is -2.39. The molecule has 6 heteroatoms. The number of aromatic nitrogens is 4. The Labute approximate surface area is 110 Å². The highest BCUT2D eigenvalue weighted by molar-refractivity contribution is 4.96. The molecule has 0 aromatic carbocycles. The molecule has 0 unspecified atom stereocenters. The van der Waals surface area contributed by atoms with Gasteiger partial charge in [0.2, 0.25) is 0 Å². The molecule has 0 radical (unpaired) electrons. The topological polar surface area (TPSA) is 61.8 Å². The molecule has 19 heavy (non-hydrogen) atoms. The quantitative estimate of drug-likeness (QED) is 0.796. The summed E-state index contributed by atoms with van der Waals surface area (Å²) in [6.45, 7) is 5.57. The maximum atomic E-state index is 12.2. The van der Waals surface area contributed by atoms with Crippen molar-refractivity contribution in [1.82, 2.24) is 18.7 Å². The van der Waals surface area contributed by atoms with Crippen molar-refractivity contribution in [1.29, 1.82) is 0 Å². The highest BCUT2D eigenvalue weighted by atomic mass is 16.2. The molecular formula is C13H18N4O2. The highest BCUT2D eigenvalue weighted by Gasteiger charge is 2.08. The second-order valence-corrected chi connectivity index (χ2v) is 4.35. The van der Waals surface area contributed by atoms with Crippen molar-refractivity contribution in [2.75, 3.05) is 0 Å². The second kappa shape index (κ2) is 5.69. The first kappa shape index (κ1) is 13.3. The third kappa shape index (κ3) is 2.67. The van der Waals surface area contributed by atoms with Crippen LogP contribution < -0.4 is 11.2 Å². The second-order valence-electron chi connectivity index (χ2n) is 4.35. The molecule has 0 aliphatic rings. The zero-order valence-corrected chi connectivity index (χ0v) is 11.2. The maximum Gasteiger partial charge on any atom is 0.331 e. The standard InChI is InChI=1S/C13H18N4O2/c1-3-7-16-8-5-12(18)17(13(16)19)10-11-14-6-9-15(11)4-2/h5-6,8-9H,3-4,7,10H2,1-2H3.